The van der Waals surface area contributed by atoms with Crippen molar-refractivity contribution in [3.05, 3.63) is 58.9 Å². The molecule has 0 radical (unpaired) electrons. The predicted octanol–water partition coefficient (Wildman–Crippen LogP) is 4.04. The Balaban J connectivity index is 1.62. The molecule has 0 bridgehead atoms. The highest BCUT2D eigenvalue weighted by atomic mass is 35.5. The molecule has 1 aliphatic heterocycles. The Morgan fingerprint density at radius 1 is 1.09 bits per heavy atom. The van der Waals surface area contributed by atoms with E-state index in [1.165, 1.54) is 24.3 Å². The highest BCUT2D eigenvalue weighted by Gasteiger charge is 2.43. The van der Waals surface area contributed by atoms with Crippen LogP contribution in [0, 0.1) is 5.82 Å². The van der Waals surface area contributed by atoms with Crippen molar-refractivity contribution in [1.29, 1.82) is 0 Å². The number of amides is 1. The van der Waals surface area contributed by atoms with Gasteiger partial charge in [-0.2, -0.15) is 8.78 Å². The van der Waals surface area contributed by atoms with Gasteiger partial charge in [0.1, 0.15) is 5.82 Å². The highest BCUT2D eigenvalue weighted by molar-refractivity contribution is 6.30. The first-order valence-electron chi connectivity index (χ1n) is 10.5. The Labute approximate surface area is 199 Å². The third kappa shape index (κ3) is 6.32. The third-order valence-corrected chi connectivity index (χ3v) is 5.71. The molecule has 2 aromatic carbocycles. The van der Waals surface area contributed by atoms with E-state index in [2.05, 4.69) is 9.64 Å². The largest absolute Gasteiger partial charge is 0.502 e. The molecule has 0 saturated carbocycles. The maximum Gasteiger partial charge on any atom is 0.502 e. The summed E-state index contributed by atoms with van der Waals surface area (Å²) in [5.74, 6) is -3.99. The van der Waals surface area contributed by atoms with Crippen molar-refractivity contribution in [2.24, 2.45) is 0 Å². The van der Waals surface area contributed by atoms with Crippen molar-refractivity contribution < 1.29 is 37.3 Å². The van der Waals surface area contributed by atoms with Gasteiger partial charge >= 0.3 is 12.1 Å². The molecule has 11 heteroatoms. The quantitative estimate of drug-likeness (QED) is 0.589. The summed E-state index contributed by atoms with van der Waals surface area (Å²) >= 11 is 5.80. The molecule has 0 unspecified atom stereocenters. The fourth-order valence-electron chi connectivity index (χ4n) is 3.68. The molecule has 0 spiro atoms. The van der Waals surface area contributed by atoms with Crippen LogP contribution in [0.3, 0.4) is 0 Å². The zero-order chi connectivity index (χ0) is 25.0. The summed E-state index contributed by atoms with van der Waals surface area (Å²) in [7, 11) is 0. The van der Waals surface area contributed by atoms with E-state index in [1.54, 1.807) is 17.0 Å². The summed E-state index contributed by atoms with van der Waals surface area (Å²) in [6.45, 7) is 4.97. The second-order valence-electron chi connectivity index (χ2n) is 8.10. The lowest BCUT2D eigenvalue weighted by molar-refractivity contribution is -0.211. The Morgan fingerprint density at radius 3 is 2.41 bits per heavy atom. The van der Waals surface area contributed by atoms with Gasteiger partial charge in [-0.3, -0.25) is 9.69 Å². The second-order valence-corrected chi connectivity index (χ2v) is 8.54. The fourth-order valence-corrected chi connectivity index (χ4v) is 3.84. The van der Waals surface area contributed by atoms with E-state index < -0.39 is 24.4 Å². The molecule has 2 atom stereocenters. The number of hydrogen-bond acceptors (Lipinski definition) is 5. The minimum atomic E-state index is -4.50. The van der Waals surface area contributed by atoms with E-state index in [-0.39, 0.29) is 34.6 Å². The second kappa shape index (κ2) is 10.5. The summed E-state index contributed by atoms with van der Waals surface area (Å²) in [4.78, 5) is 27.3. The van der Waals surface area contributed by atoms with Crippen molar-refractivity contribution in [1.82, 2.24) is 9.80 Å². The first-order valence-corrected chi connectivity index (χ1v) is 10.8. The molecule has 1 heterocycles. The number of nitrogens with zero attached hydrogens (tertiary/aromatic N) is 2. The number of carboxylic acids is 1. The van der Waals surface area contributed by atoms with Crippen LogP contribution in [-0.2, 0) is 16.1 Å². The number of piperazine rings is 1. The molecule has 0 aliphatic carbocycles. The van der Waals surface area contributed by atoms with E-state index in [4.69, 9.17) is 21.4 Å². The Kier molecular flexibility index (Phi) is 7.93. The number of benzene rings is 2. The number of ether oxygens (including phenoxy) is 2. The van der Waals surface area contributed by atoms with Gasteiger partial charge in [0.15, 0.2) is 18.1 Å². The molecule has 0 aromatic heterocycles. The number of carbonyl (C=O) groups excluding carboxylic acids is 1. The van der Waals surface area contributed by atoms with Crippen LogP contribution in [0.1, 0.15) is 19.4 Å². The van der Waals surface area contributed by atoms with Gasteiger partial charge in [-0.05, 0) is 43.7 Å². The highest BCUT2D eigenvalue weighted by Crippen LogP contribution is 2.34. The first-order chi connectivity index (χ1) is 16.0. The van der Waals surface area contributed by atoms with Gasteiger partial charge in [-0.1, -0.05) is 23.7 Å². The van der Waals surface area contributed by atoms with Crippen molar-refractivity contribution in [3.8, 4) is 11.5 Å². The molecular formula is C23H24ClF3N2O5. The van der Waals surface area contributed by atoms with Crippen molar-refractivity contribution in [2.45, 2.75) is 38.6 Å². The molecule has 7 nitrogen and oxygen atoms in total. The predicted molar refractivity (Wildman–Crippen MR) is 118 cm³/mol. The Morgan fingerprint density at radius 2 is 1.76 bits per heavy atom. The monoisotopic (exact) mass is 500 g/mol. The number of hydrogen-bond donors (Lipinski definition) is 1. The third-order valence-electron chi connectivity index (χ3n) is 5.48. The fraction of sp³-hybridized carbons (Fsp3) is 0.391. The molecule has 1 aliphatic rings. The molecule has 3 rings (SSSR count). The van der Waals surface area contributed by atoms with E-state index in [0.717, 1.165) is 11.6 Å². The average molecular weight is 501 g/mol. The van der Waals surface area contributed by atoms with Crippen LogP contribution in [0.5, 0.6) is 11.5 Å². The average Bonchev–Trinajstić information content (AvgIpc) is 2.76. The van der Waals surface area contributed by atoms with Crippen LogP contribution in [0.15, 0.2) is 42.5 Å². The van der Waals surface area contributed by atoms with Gasteiger partial charge < -0.3 is 19.5 Å². The Bertz CT molecular complexity index is 1040. The summed E-state index contributed by atoms with van der Waals surface area (Å²) in [5, 5.41) is 8.62. The molecule has 1 fully saturated rings. The van der Waals surface area contributed by atoms with Gasteiger partial charge in [-0.15, -0.1) is 0 Å². The maximum atomic E-state index is 13.5. The number of aliphatic carboxylic acids is 1. The standard InChI is InChI=1S/C23H24ClF3N2O5/c1-14-11-29(15(2)10-28(14)12-16-3-6-18(25)7-4-16)21(30)13-33-19-8-5-17(24)9-20(19)34-23(26,27)22(31)32/h3-9,14-15H,10-13H2,1-2H3,(H,31,32)/t14-,15+/m0/s1. The number of carboxylic acid groups (broad SMARTS) is 1. The molecule has 1 saturated heterocycles. The molecule has 1 N–H and O–H groups in total. The zero-order valence-electron chi connectivity index (χ0n) is 18.5. The van der Waals surface area contributed by atoms with Crippen LogP contribution in [0.25, 0.3) is 0 Å². The first kappa shape index (κ1) is 25.6. The number of alkyl halides is 2. The molecule has 34 heavy (non-hydrogen) atoms. The minimum Gasteiger partial charge on any atom is -0.480 e. The lowest BCUT2D eigenvalue weighted by Gasteiger charge is -2.44. The smallest absolute Gasteiger partial charge is 0.480 e. The van der Waals surface area contributed by atoms with Gasteiger partial charge in [0.05, 0.1) is 0 Å². The molecular weight excluding hydrogens is 477 g/mol. The minimum absolute atomic E-state index is 0.00823. The van der Waals surface area contributed by atoms with Crippen LogP contribution in [-0.4, -0.2) is 64.7 Å². The van der Waals surface area contributed by atoms with Crippen LogP contribution in [0.2, 0.25) is 5.02 Å². The zero-order valence-corrected chi connectivity index (χ0v) is 19.3. The maximum absolute atomic E-state index is 13.5. The van der Waals surface area contributed by atoms with Crippen LogP contribution >= 0.6 is 11.6 Å². The number of halogens is 4. The van der Waals surface area contributed by atoms with E-state index in [0.29, 0.717) is 19.6 Å². The van der Waals surface area contributed by atoms with Gasteiger partial charge in [0, 0.05) is 42.8 Å². The molecule has 2 aromatic rings. The van der Waals surface area contributed by atoms with Gasteiger partial charge in [0.2, 0.25) is 0 Å². The van der Waals surface area contributed by atoms with Crippen molar-refractivity contribution >= 4 is 23.5 Å². The lowest BCUT2D eigenvalue weighted by Crippen LogP contribution is -2.58. The Hall–Kier alpha value is -2.98. The van der Waals surface area contributed by atoms with E-state index in [1.807, 2.05) is 13.8 Å². The van der Waals surface area contributed by atoms with Crippen LogP contribution in [0.4, 0.5) is 13.2 Å². The normalized spacial score (nSPS) is 19.1. The van der Waals surface area contributed by atoms with Crippen LogP contribution < -0.4 is 9.47 Å². The van der Waals surface area contributed by atoms with Crippen molar-refractivity contribution in [3.63, 3.8) is 0 Å². The van der Waals surface area contributed by atoms with Crippen molar-refractivity contribution in [2.75, 3.05) is 19.7 Å². The van der Waals surface area contributed by atoms with Gasteiger partial charge in [-0.25, -0.2) is 9.18 Å². The summed E-state index contributed by atoms with van der Waals surface area (Å²) in [6.07, 6.45) is -4.50. The van der Waals surface area contributed by atoms with Gasteiger partial charge in [0.25, 0.3) is 5.91 Å². The SMILES string of the molecule is C[C@@H]1CN(Cc2ccc(F)cc2)[C@@H](C)CN1C(=O)COc1ccc(Cl)cc1OC(F)(F)C(=O)O. The number of carbonyl (C=O) groups is 2. The summed E-state index contributed by atoms with van der Waals surface area (Å²) in [6, 6.07) is 9.64. The lowest BCUT2D eigenvalue weighted by atomic mass is 10.1. The molecule has 1 amide bonds. The number of rotatable bonds is 8. The molecule has 184 valence electrons. The van der Waals surface area contributed by atoms with E-state index in [9.17, 15) is 22.8 Å². The summed E-state index contributed by atoms with van der Waals surface area (Å²) < 4.78 is 49.9. The van der Waals surface area contributed by atoms with E-state index >= 15 is 0 Å². The summed E-state index contributed by atoms with van der Waals surface area (Å²) in [5.41, 5.74) is 0.956. The topological polar surface area (TPSA) is 79.3 Å².